The fourth-order valence-corrected chi connectivity index (χ4v) is 2.61. The van der Waals surface area contributed by atoms with Gasteiger partial charge in [0.1, 0.15) is 0 Å². The monoisotopic (exact) mass is 268 g/mol. The molecule has 0 aliphatic heterocycles. The van der Waals surface area contributed by atoms with E-state index in [1.165, 1.54) is 27.7 Å². The second kappa shape index (κ2) is 5.13. The molecule has 104 valence electrons. The van der Waals surface area contributed by atoms with Crippen LogP contribution in [0.4, 0.5) is 0 Å². The average Bonchev–Trinajstić information content (AvgIpc) is 2.98. The van der Waals surface area contributed by atoms with E-state index in [2.05, 4.69) is 53.5 Å². The van der Waals surface area contributed by atoms with Crippen LogP contribution in [0.25, 0.3) is 10.9 Å². The molecule has 0 aliphatic carbocycles. The molecule has 20 heavy (non-hydrogen) atoms. The molecule has 0 saturated heterocycles. The van der Waals surface area contributed by atoms with Crippen molar-refractivity contribution in [1.29, 1.82) is 0 Å². The number of fused-ring (bicyclic) bond motifs is 1. The van der Waals surface area contributed by atoms with Crippen molar-refractivity contribution in [3.8, 4) is 0 Å². The molecule has 0 radical (unpaired) electrons. The van der Waals surface area contributed by atoms with Crippen molar-refractivity contribution in [3.05, 3.63) is 53.0 Å². The molecule has 0 unspecified atom stereocenters. The third kappa shape index (κ3) is 2.34. The van der Waals surface area contributed by atoms with Gasteiger partial charge in [0.25, 0.3) is 0 Å². The van der Waals surface area contributed by atoms with E-state index in [4.69, 9.17) is 0 Å². The summed E-state index contributed by atoms with van der Waals surface area (Å²) in [5, 5.41) is 9.20. The Hall–Kier alpha value is -2.07. The van der Waals surface area contributed by atoms with Crippen LogP contribution in [-0.2, 0) is 20.1 Å². The van der Waals surface area contributed by atoms with Crippen LogP contribution in [0.5, 0.6) is 0 Å². The van der Waals surface area contributed by atoms with Gasteiger partial charge in [-0.3, -0.25) is 4.68 Å². The van der Waals surface area contributed by atoms with Crippen molar-refractivity contribution < 1.29 is 0 Å². The highest BCUT2D eigenvalue weighted by molar-refractivity contribution is 5.79. The zero-order chi connectivity index (χ0) is 14.1. The molecule has 2 aromatic heterocycles. The maximum absolute atomic E-state index is 4.44. The molecule has 4 nitrogen and oxygen atoms in total. The Morgan fingerprint density at radius 1 is 1.20 bits per heavy atom. The maximum atomic E-state index is 4.44. The van der Waals surface area contributed by atoms with E-state index >= 15 is 0 Å². The minimum atomic E-state index is 0.855. The zero-order valence-corrected chi connectivity index (χ0v) is 12.2. The summed E-state index contributed by atoms with van der Waals surface area (Å²) in [7, 11) is 1.99. The van der Waals surface area contributed by atoms with E-state index in [1.807, 2.05) is 17.9 Å². The quantitative estimate of drug-likeness (QED) is 0.764. The smallest absolute Gasteiger partial charge is 0.0641 e. The number of aryl methyl sites for hydroxylation is 2. The lowest BCUT2D eigenvalue weighted by Crippen LogP contribution is -2.13. The van der Waals surface area contributed by atoms with Gasteiger partial charge in [-0.25, -0.2) is 0 Å². The van der Waals surface area contributed by atoms with Crippen LogP contribution in [0.2, 0.25) is 0 Å². The van der Waals surface area contributed by atoms with Crippen molar-refractivity contribution in [2.75, 3.05) is 0 Å². The SMILES string of the molecule is Cc1nn(C)c(C)c1CNCc1ccc2cc[nH]c2c1. The third-order valence-corrected chi connectivity index (χ3v) is 3.91. The van der Waals surface area contributed by atoms with E-state index < -0.39 is 0 Å². The van der Waals surface area contributed by atoms with Gasteiger partial charge in [-0.05, 0) is 36.9 Å². The largest absolute Gasteiger partial charge is 0.361 e. The Bertz CT molecular complexity index is 736. The molecule has 0 atom stereocenters. The summed E-state index contributed by atoms with van der Waals surface area (Å²) in [6.45, 7) is 5.90. The first-order valence-corrected chi connectivity index (χ1v) is 6.91. The highest BCUT2D eigenvalue weighted by atomic mass is 15.3. The van der Waals surface area contributed by atoms with E-state index in [-0.39, 0.29) is 0 Å². The fraction of sp³-hybridized carbons (Fsp3) is 0.312. The predicted molar refractivity (Wildman–Crippen MR) is 81.5 cm³/mol. The summed E-state index contributed by atoms with van der Waals surface area (Å²) in [6.07, 6.45) is 1.98. The molecule has 0 spiro atoms. The molecule has 3 rings (SSSR count). The summed E-state index contributed by atoms with van der Waals surface area (Å²) in [4.78, 5) is 3.25. The number of H-pyrrole nitrogens is 1. The number of rotatable bonds is 4. The van der Waals surface area contributed by atoms with Gasteiger partial charge >= 0.3 is 0 Å². The number of nitrogens with one attached hydrogen (secondary N) is 2. The summed E-state index contributed by atoms with van der Waals surface area (Å²) in [6, 6.07) is 8.62. The second-order valence-electron chi connectivity index (χ2n) is 5.28. The first-order chi connectivity index (χ1) is 9.65. The van der Waals surface area contributed by atoms with Crippen LogP contribution in [-0.4, -0.2) is 14.8 Å². The molecule has 0 aliphatic rings. The van der Waals surface area contributed by atoms with E-state index in [9.17, 15) is 0 Å². The molecule has 2 N–H and O–H groups in total. The van der Waals surface area contributed by atoms with Crippen LogP contribution in [0.1, 0.15) is 22.5 Å². The number of aromatic nitrogens is 3. The molecular formula is C16H20N4. The lowest BCUT2D eigenvalue weighted by molar-refractivity contribution is 0.684. The Labute approximate surface area is 118 Å². The second-order valence-corrected chi connectivity index (χ2v) is 5.28. The maximum Gasteiger partial charge on any atom is 0.0641 e. The van der Waals surface area contributed by atoms with Gasteiger partial charge in [0, 0.05) is 43.1 Å². The van der Waals surface area contributed by atoms with Gasteiger partial charge in [0.2, 0.25) is 0 Å². The molecule has 3 aromatic rings. The molecule has 4 heteroatoms. The Balaban J connectivity index is 1.67. The molecule has 2 heterocycles. The van der Waals surface area contributed by atoms with Crippen LogP contribution in [0.15, 0.2) is 30.5 Å². The van der Waals surface area contributed by atoms with Crippen LogP contribution in [0.3, 0.4) is 0 Å². The lowest BCUT2D eigenvalue weighted by atomic mass is 10.1. The normalized spacial score (nSPS) is 11.3. The highest BCUT2D eigenvalue weighted by Crippen LogP contribution is 2.15. The van der Waals surface area contributed by atoms with E-state index in [1.54, 1.807) is 0 Å². The highest BCUT2D eigenvalue weighted by Gasteiger charge is 2.08. The molecule has 0 fully saturated rings. The number of hydrogen-bond acceptors (Lipinski definition) is 2. The van der Waals surface area contributed by atoms with Crippen molar-refractivity contribution >= 4 is 10.9 Å². The van der Waals surface area contributed by atoms with Gasteiger partial charge in [-0.15, -0.1) is 0 Å². The lowest BCUT2D eigenvalue weighted by Gasteiger charge is -2.06. The van der Waals surface area contributed by atoms with Crippen LogP contribution < -0.4 is 5.32 Å². The number of aromatic amines is 1. The first kappa shape index (κ1) is 12.9. The van der Waals surface area contributed by atoms with Crippen molar-refractivity contribution in [2.24, 2.45) is 7.05 Å². The predicted octanol–water partition coefficient (Wildman–Crippen LogP) is 2.81. The minimum Gasteiger partial charge on any atom is -0.361 e. The van der Waals surface area contributed by atoms with Crippen LogP contribution >= 0.6 is 0 Å². The van der Waals surface area contributed by atoms with Crippen molar-refractivity contribution in [1.82, 2.24) is 20.1 Å². The molecule has 1 aromatic carbocycles. The minimum absolute atomic E-state index is 0.855. The summed E-state index contributed by atoms with van der Waals surface area (Å²) >= 11 is 0. The third-order valence-electron chi connectivity index (χ3n) is 3.91. The number of nitrogens with zero attached hydrogens (tertiary/aromatic N) is 2. The van der Waals surface area contributed by atoms with Gasteiger partial charge < -0.3 is 10.3 Å². The van der Waals surface area contributed by atoms with E-state index in [0.717, 1.165) is 18.8 Å². The van der Waals surface area contributed by atoms with E-state index in [0.29, 0.717) is 0 Å². The Kier molecular flexibility index (Phi) is 3.32. The number of benzene rings is 1. The van der Waals surface area contributed by atoms with Gasteiger partial charge in [0.05, 0.1) is 5.69 Å². The van der Waals surface area contributed by atoms with Gasteiger partial charge in [-0.2, -0.15) is 5.10 Å². The summed E-state index contributed by atoms with van der Waals surface area (Å²) in [5.41, 5.74) is 6.12. The molecule has 0 bridgehead atoms. The molecule has 0 saturated carbocycles. The summed E-state index contributed by atoms with van der Waals surface area (Å²) < 4.78 is 1.94. The van der Waals surface area contributed by atoms with Crippen LogP contribution in [0, 0.1) is 13.8 Å². The average molecular weight is 268 g/mol. The fourth-order valence-electron chi connectivity index (χ4n) is 2.61. The van der Waals surface area contributed by atoms with Gasteiger partial charge in [0.15, 0.2) is 0 Å². The topological polar surface area (TPSA) is 45.6 Å². The number of hydrogen-bond donors (Lipinski definition) is 2. The standard InChI is InChI=1S/C16H20N4/c1-11-15(12(2)20(3)19-11)10-17-9-13-4-5-14-6-7-18-16(14)8-13/h4-8,17-18H,9-10H2,1-3H3. The van der Waals surface area contributed by atoms with Crippen molar-refractivity contribution in [3.63, 3.8) is 0 Å². The zero-order valence-electron chi connectivity index (χ0n) is 12.2. The first-order valence-electron chi connectivity index (χ1n) is 6.91. The Morgan fingerprint density at radius 3 is 2.80 bits per heavy atom. The molecular weight excluding hydrogens is 248 g/mol. The molecule has 0 amide bonds. The Morgan fingerprint density at radius 2 is 2.05 bits per heavy atom. The van der Waals surface area contributed by atoms with Gasteiger partial charge in [-0.1, -0.05) is 12.1 Å². The summed E-state index contributed by atoms with van der Waals surface area (Å²) in [5.74, 6) is 0. The van der Waals surface area contributed by atoms with Crippen molar-refractivity contribution in [2.45, 2.75) is 26.9 Å².